The van der Waals surface area contributed by atoms with Gasteiger partial charge in [0.2, 0.25) is 0 Å². The SMILES string of the molecule is CCNC(=NCCCN(C)CC(F)(F)F)N1CCOC(c2ccccc2C)C1.I. The summed E-state index contributed by atoms with van der Waals surface area (Å²) in [6.45, 7) is 6.82. The number of ether oxygens (including phenoxy) is 1. The van der Waals surface area contributed by atoms with Crippen LogP contribution in [-0.4, -0.2) is 74.9 Å². The summed E-state index contributed by atoms with van der Waals surface area (Å²) in [6.07, 6.45) is -3.60. The molecule has 1 saturated heterocycles. The number of nitrogens with one attached hydrogen (secondary N) is 1. The van der Waals surface area contributed by atoms with Crippen LogP contribution in [0.3, 0.4) is 0 Å². The molecule has 9 heteroatoms. The highest BCUT2D eigenvalue weighted by Crippen LogP contribution is 2.25. The molecule has 1 aliphatic rings. The van der Waals surface area contributed by atoms with E-state index in [-0.39, 0.29) is 30.1 Å². The first kappa shape index (κ1) is 26.0. The van der Waals surface area contributed by atoms with Crippen molar-refractivity contribution in [2.45, 2.75) is 32.5 Å². The van der Waals surface area contributed by atoms with Crippen LogP contribution in [0.15, 0.2) is 29.3 Å². The summed E-state index contributed by atoms with van der Waals surface area (Å²) < 4.78 is 43.2. The van der Waals surface area contributed by atoms with Crippen molar-refractivity contribution < 1.29 is 17.9 Å². The molecule has 0 spiro atoms. The second-order valence-corrected chi connectivity index (χ2v) is 7.10. The van der Waals surface area contributed by atoms with Crippen molar-refractivity contribution in [2.24, 2.45) is 4.99 Å². The maximum atomic E-state index is 12.4. The molecule has 0 amide bonds. The maximum absolute atomic E-state index is 12.4. The molecule has 5 nitrogen and oxygen atoms in total. The van der Waals surface area contributed by atoms with E-state index in [1.54, 1.807) is 0 Å². The van der Waals surface area contributed by atoms with Crippen molar-refractivity contribution in [3.8, 4) is 0 Å². The Labute approximate surface area is 188 Å². The quantitative estimate of drug-likeness (QED) is 0.253. The summed E-state index contributed by atoms with van der Waals surface area (Å²) in [6, 6.07) is 8.20. The Bertz CT molecular complexity index is 642. The van der Waals surface area contributed by atoms with E-state index >= 15 is 0 Å². The van der Waals surface area contributed by atoms with Crippen LogP contribution in [0.5, 0.6) is 0 Å². The fraction of sp³-hybridized carbons (Fsp3) is 0.650. The normalized spacial score (nSPS) is 18.0. The topological polar surface area (TPSA) is 40.1 Å². The fourth-order valence-corrected chi connectivity index (χ4v) is 3.31. The molecular formula is C20H32F3IN4O. The Morgan fingerprint density at radius 2 is 2.07 bits per heavy atom. The van der Waals surface area contributed by atoms with Gasteiger partial charge in [-0.2, -0.15) is 13.2 Å². The van der Waals surface area contributed by atoms with Crippen molar-refractivity contribution in [1.82, 2.24) is 15.1 Å². The molecule has 1 fully saturated rings. The minimum atomic E-state index is -4.16. The van der Waals surface area contributed by atoms with E-state index in [9.17, 15) is 13.2 Å². The maximum Gasteiger partial charge on any atom is 0.401 e. The molecule has 1 aliphatic heterocycles. The van der Waals surface area contributed by atoms with E-state index in [0.29, 0.717) is 32.7 Å². The fourth-order valence-electron chi connectivity index (χ4n) is 3.31. The van der Waals surface area contributed by atoms with E-state index in [0.717, 1.165) is 19.0 Å². The molecule has 166 valence electrons. The van der Waals surface area contributed by atoms with Gasteiger partial charge in [0.1, 0.15) is 6.10 Å². The van der Waals surface area contributed by atoms with Gasteiger partial charge in [0.05, 0.1) is 19.7 Å². The summed E-state index contributed by atoms with van der Waals surface area (Å²) in [4.78, 5) is 8.08. The van der Waals surface area contributed by atoms with E-state index in [1.165, 1.54) is 23.1 Å². The lowest BCUT2D eigenvalue weighted by atomic mass is 10.0. The second kappa shape index (κ2) is 12.6. The van der Waals surface area contributed by atoms with Crippen molar-refractivity contribution in [3.63, 3.8) is 0 Å². The van der Waals surface area contributed by atoms with Crippen LogP contribution in [0.25, 0.3) is 0 Å². The van der Waals surface area contributed by atoms with E-state index in [1.807, 2.05) is 19.1 Å². The lowest BCUT2D eigenvalue weighted by Gasteiger charge is -2.35. The van der Waals surface area contributed by atoms with Gasteiger partial charge < -0.3 is 15.0 Å². The number of hydrogen-bond donors (Lipinski definition) is 1. The van der Waals surface area contributed by atoms with Crippen molar-refractivity contribution in [3.05, 3.63) is 35.4 Å². The highest BCUT2D eigenvalue weighted by Gasteiger charge is 2.29. The predicted molar refractivity (Wildman–Crippen MR) is 121 cm³/mol. The van der Waals surface area contributed by atoms with Crippen LogP contribution in [0, 0.1) is 6.92 Å². The molecule has 0 bridgehead atoms. The molecule has 1 atom stereocenters. The summed E-state index contributed by atoms with van der Waals surface area (Å²) in [5, 5.41) is 3.29. The highest BCUT2D eigenvalue weighted by molar-refractivity contribution is 14.0. The van der Waals surface area contributed by atoms with Crippen LogP contribution >= 0.6 is 24.0 Å². The smallest absolute Gasteiger partial charge is 0.370 e. The highest BCUT2D eigenvalue weighted by atomic mass is 127. The number of guanidine groups is 1. The third kappa shape index (κ3) is 9.08. The van der Waals surface area contributed by atoms with Crippen molar-refractivity contribution in [1.29, 1.82) is 0 Å². The summed E-state index contributed by atoms with van der Waals surface area (Å²) in [7, 11) is 1.48. The van der Waals surface area contributed by atoms with Crippen LogP contribution in [0.4, 0.5) is 13.2 Å². The van der Waals surface area contributed by atoms with Gasteiger partial charge in [-0.15, -0.1) is 24.0 Å². The van der Waals surface area contributed by atoms with E-state index in [4.69, 9.17) is 4.74 Å². The van der Waals surface area contributed by atoms with Crippen LogP contribution in [-0.2, 0) is 4.74 Å². The van der Waals surface area contributed by atoms with Crippen LogP contribution in [0.2, 0.25) is 0 Å². The van der Waals surface area contributed by atoms with Gasteiger partial charge in [0, 0.05) is 19.6 Å². The number of benzene rings is 1. The molecule has 1 N–H and O–H groups in total. The van der Waals surface area contributed by atoms with Gasteiger partial charge in [-0.05, 0) is 45.0 Å². The standard InChI is InChI=1S/C20H31F3N4O.HI/c1-4-24-19(25-10-7-11-26(3)15-20(21,22)23)27-12-13-28-18(14-27)17-9-6-5-8-16(17)2;/h5-6,8-9,18H,4,7,10-15H2,1-3H3,(H,24,25);1H. The third-order valence-electron chi connectivity index (χ3n) is 4.64. The molecular weight excluding hydrogens is 496 g/mol. The average molecular weight is 528 g/mol. The molecule has 1 aromatic rings. The van der Waals surface area contributed by atoms with Gasteiger partial charge in [0.15, 0.2) is 5.96 Å². The molecule has 0 aliphatic carbocycles. The number of aliphatic imine (C=N–C) groups is 1. The Morgan fingerprint density at radius 1 is 1.34 bits per heavy atom. The van der Waals surface area contributed by atoms with Gasteiger partial charge in [-0.25, -0.2) is 0 Å². The Kier molecular flexibility index (Phi) is 11.3. The summed E-state index contributed by atoms with van der Waals surface area (Å²) in [5.74, 6) is 0.794. The first-order chi connectivity index (χ1) is 13.3. The van der Waals surface area contributed by atoms with E-state index in [2.05, 4.69) is 34.3 Å². The molecule has 0 aromatic heterocycles. The third-order valence-corrected chi connectivity index (χ3v) is 4.64. The Morgan fingerprint density at radius 3 is 2.72 bits per heavy atom. The van der Waals surface area contributed by atoms with E-state index < -0.39 is 12.7 Å². The first-order valence-corrected chi connectivity index (χ1v) is 9.76. The number of aryl methyl sites for hydroxylation is 1. The van der Waals surface area contributed by atoms with Crippen molar-refractivity contribution in [2.75, 3.05) is 52.9 Å². The van der Waals surface area contributed by atoms with Gasteiger partial charge in [0.25, 0.3) is 0 Å². The first-order valence-electron chi connectivity index (χ1n) is 9.76. The lowest BCUT2D eigenvalue weighted by molar-refractivity contribution is -0.143. The summed E-state index contributed by atoms with van der Waals surface area (Å²) in [5.41, 5.74) is 2.38. The minimum Gasteiger partial charge on any atom is -0.370 e. The number of halogens is 4. The van der Waals surface area contributed by atoms with Crippen LogP contribution in [0.1, 0.15) is 30.6 Å². The monoisotopic (exact) mass is 528 g/mol. The van der Waals surface area contributed by atoms with Gasteiger partial charge >= 0.3 is 6.18 Å². The zero-order chi connectivity index (χ0) is 20.6. The number of rotatable bonds is 7. The Hall–Kier alpha value is -1.07. The Balaban J connectivity index is 0.00000420. The summed E-state index contributed by atoms with van der Waals surface area (Å²) >= 11 is 0. The number of morpholine rings is 1. The second-order valence-electron chi connectivity index (χ2n) is 7.10. The molecule has 1 aromatic carbocycles. The largest absolute Gasteiger partial charge is 0.401 e. The lowest BCUT2D eigenvalue weighted by Crippen LogP contribution is -2.48. The number of alkyl halides is 3. The molecule has 1 unspecified atom stereocenters. The van der Waals surface area contributed by atoms with Gasteiger partial charge in [-0.1, -0.05) is 24.3 Å². The number of nitrogens with zero attached hydrogens (tertiary/aromatic N) is 3. The molecule has 29 heavy (non-hydrogen) atoms. The van der Waals surface area contributed by atoms with Gasteiger partial charge in [-0.3, -0.25) is 9.89 Å². The zero-order valence-corrected chi connectivity index (χ0v) is 19.7. The van der Waals surface area contributed by atoms with Crippen LogP contribution < -0.4 is 5.32 Å². The number of hydrogen-bond acceptors (Lipinski definition) is 3. The average Bonchev–Trinajstić information content (AvgIpc) is 2.63. The predicted octanol–water partition coefficient (Wildman–Crippen LogP) is 3.84. The zero-order valence-electron chi connectivity index (χ0n) is 17.3. The minimum absolute atomic E-state index is 0. The molecule has 0 saturated carbocycles. The molecule has 2 rings (SSSR count). The molecule has 0 radical (unpaired) electrons. The van der Waals surface area contributed by atoms with Crippen molar-refractivity contribution >= 4 is 29.9 Å². The molecule has 1 heterocycles.